The minimum absolute atomic E-state index is 0.00692. The summed E-state index contributed by atoms with van der Waals surface area (Å²) in [6, 6.07) is 5.68. The van der Waals surface area contributed by atoms with Crippen molar-refractivity contribution >= 4 is 11.0 Å². The number of ether oxygens (including phenoxy) is 2. The van der Waals surface area contributed by atoms with E-state index in [-0.39, 0.29) is 46.1 Å². The Morgan fingerprint density at radius 1 is 0.839 bits per heavy atom. The summed E-state index contributed by atoms with van der Waals surface area (Å²) in [6.07, 6.45) is -5.95. The normalized spacial score (nSPS) is 23.7. The smallest absolute Gasteiger partial charge is 0.402 e. The minimum Gasteiger partial charge on any atom is -0.507 e. The number of fused-ring (bicyclic) bond motifs is 1. The van der Waals surface area contributed by atoms with Gasteiger partial charge in [0, 0.05) is 24.3 Å². The van der Waals surface area contributed by atoms with Crippen molar-refractivity contribution in [3.05, 3.63) is 30.3 Å². The van der Waals surface area contributed by atoms with Gasteiger partial charge in [-0.1, -0.05) is 0 Å². The van der Waals surface area contributed by atoms with Crippen LogP contribution in [0.2, 0.25) is 0 Å². The Labute approximate surface area is 173 Å². The highest BCUT2D eigenvalue weighted by Gasteiger charge is 2.40. The monoisotopic (exact) mass is 435 g/mol. The Hall–Kier alpha value is -3.51. The highest BCUT2D eigenvalue weighted by atomic mass is 16.7. The minimum atomic E-state index is -1.64. The first-order chi connectivity index (χ1) is 14.7. The Morgan fingerprint density at radius 2 is 1.52 bits per heavy atom. The highest BCUT2D eigenvalue weighted by molar-refractivity contribution is 5.88. The van der Waals surface area contributed by atoms with Gasteiger partial charge >= 0.3 is 11.3 Å². The third-order valence-electron chi connectivity index (χ3n) is 4.85. The first-order valence-electron chi connectivity index (χ1n) is 9.06. The summed E-state index contributed by atoms with van der Waals surface area (Å²) >= 11 is 0. The number of hydrogen-bond donors (Lipinski definition) is 8. The molecule has 4 atom stereocenters. The topological polar surface area (TPSA) is 192 Å². The summed E-state index contributed by atoms with van der Waals surface area (Å²) in [5.74, 6) is -3.03. The largest absolute Gasteiger partial charge is 0.507 e. The van der Waals surface area contributed by atoms with Gasteiger partial charge in [-0.15, -0.1) is 0 Å². The molecule has 3 aromatic rings. The summed E-state index contributed by atoms with van der Waals surface area (Å²) in [7, 11) is 0. The second kappa shape index (κ2) is 7.63. The van der Waals surface area contributed by atoms with Gasteiger partial charge in [0.25, 0.3) is 0 Å². The summed E-state index contributed by atoms with van der Waals surface area (Å²) in [4.78, 5) is 0. The average molecular weight is 435 g/mol. The molecule has 31 heavy (non-hydrogen) atoms. The molecule has 1 saturated heterocycles. The van der Waals surface area contributed by atoms with Crippen molar-refractivity contribution < 1.29 is 54.7 Å². The zero-order valence-electron chi connectivity index (χ0n) is 15.7. The summed E-state index contributed by atoms with van der Waals surface area (Å²) < 4.78 is 16.6. The number of benzene rings is 2. The van der Waals surface area contributed by atoms with Gasteiger partial charge in [-0.25, -0.2) is 4.42 Å². The van der Waals surface area contributed by atoms with E-state index in [0.717, 1.165) is 18.2 Å². The molecule has 164 valence electrons. The van der Waals surface area contributed by atoms with Crippen molar-refractivity contribution in [2.45, 2.75) is 24.6 Å². The van der Waals surface area contributed by atoms with Gasteiger partial charge in [0.2, 0.25) is 12.0 Å². The van der Waals surface area contributed by atoms with E-state index in [9.17, 15) is 40.9 Å². The molecule has 11 heteroatoms. The number of rotatable bonds is 3. The number of aliphatic hydroxyl groups is 3. The third kappa shape index (κ3) is 3.70. The van der Waals surface area contributed by atoms with Gasteiger partial charge in [0.1, 0.15) is 35.2 Å². The molecule has 0 spiro atoms. The Kier molecular flexibility index (Phi) is 5.11. The molecule has 1 aliphatic rings. The lowest BCUT2D eigenvalue weighted by molar-refractivity contribution is -0.242. The SMILES string of the molecule is Oc1cc(O)c2cc(O[C@H]3OC[C@@H](O)[C@@H](O)[C@H]3O)c(-c3cc(O)c(O)c(O)c3)[o+]c2c1. The van der Waals surface area contributed by atoms with Crippen LogP contribution in [-0.2, 0) is 4.74 Å². The molecule has 1 aromatic heterocycles. The van der Waals surface area contributed by atoms with Crippen LogP contribution in [0.15, 0.2) is 34.7 Å². The van der Waals surface area contributed by atoms with Gasteiger partial charge in [0.15, 0.2) is 17.2 Å². The number of aliphatic hydroxyl groups excluding tert-OH is 3. The molecular formula is C20H19O11+. The second-order valence-electron chi connectivity index (χ2n) is 7.05. The lowest BCUT2D eigenvalue weighted by Gasteiger charge is -2.34. The van der Waals surface area contributed by atoms with Crippen molar-refractivity contribution in [1.29, 1.82) is 0 Å². The van der Waals surface area contributed by atoms with E-state index in [1.165, 1.54) is 12.1 Å². The van der Waals surface area contributed by atoms with Crippen LogP contribution < -0.4 is 4.74 Å². The van der Waals surface area contributed by atoms with E-state index in [0.29, 0.717) is 0 Å². The van der Waals surface area contributed by atoms with Gasteiger partial charge in [-0.2, -0.15) is 0 Å². The van der Waals surface area contributed by atoms with Crippen molar-refractivity contribution in [3.8, 4) is 45.8 Å². The lowest BCUT2D eigenvalue weighted by Crippen LogP contribution is -2.54. The molecule has 0 radical (unpaired) electrons. The maximum absolute atomic E-state index is 10.2. The van der Waals surface area contributed by atoms with E-state index in [1.54, 1.807) is 0 Å². The Morgan fingerprint density at radius 3 is 2.19 bits per heavy atom. The van der Waals surface area contributed by atoms with Crippen molar-refractivity contribution in [2.24, 2.45) is 0 Å². The molecule has 8 N–H and O–H groups in total. The van der Waals surface area contributed by atoms with Gasteiger partial charge in [-0.05, 0) is 0 Å². The second-order valence-corrected chi connectivity index (χ2v) is 7.05. The van der Waals surface area contributed by atoms with E-state index in [4.69, 9.17) is 13.9 Å². The molecule has 0 bridgehead atoms. The maximum atomic E-state index is 10.2. The van der Waals surface area contributed by atoms with E-state index >= 15 is 0 Å². The number of phenolic OH excluding ortho intramolecular Hbond substituents is 5. The van der Waals surface area contributed by atoms with E-state index in [2.05, 4.69) is 0 Å². The van der Waals surface area contributed by atoms with Crippen LogP contribution in [0.5, 0.6) is 34.5 Å². The number of phenols is 5. The molecule has 0 amide bonds. The summed E-state index contributed by atoms with van der Waals surface area (Å²) in [5, 5.41) is 79.0. The van der Waals surface area contributed by atoms with Crippen molar-refractivity contribution in [3.63, 3.8) is 0 Å². The quantitative estimate of drug-likeness (QED) is 0.214. The van der Waals surface area contributed by atoms with E-state index in [1.807, 2.05) is 0 Å². The fourth-order valence-electron chi connectivity index (χ4n) is 3.22. The zero-order chi connectivity index (χ0) is 22.4. The van der Waals surface area contributed by atoms with Crippen LogP contribution in [0.3, 0.4) is 0 Å². The molecule has 2 aromatic carbocycles. The first-order valence-corrected chi connectivity index (χ1v) is 9.06. The van der Waals surface area contributed by atoms with Crippen LogP contribution in [0, 0.1) is 0 Å². The molecule has 0 aliphatic carbocycles. The molecule has 0 unspecified atom stereocenters. The standard InChI is InChI=1S/C20H18O11/c21-8-3-10(22)9-5-15(31-20-18(28)17(27)13(25)6-29-20)19(30-14(9)4-8)7-1-11(23)16(26)12(24)2-7/h1-5,13,17-18,20,25,27-28H,6H2,(H4-,21,22,23,24,26)/p+1/t13-,17-,18-,20-/m1/s1. The van der Waals surface area contributed by atoms with Crippen LogP contribution in [-0.4, -0.2) is 72.1 Å². The predicted octanol–water partition coefficient (Wildman–Crippen LogP) is 0.727. The van der Waals surface area contributed by atoms with Gasteiger partial charge in [-0.3, -0.25) is 0 Å². The first kappa shape index (κ1) is 20.8. The van der Waals surface area contributed by atoms with E-state index < -0.39 is 41.9 Å². The molecule has 4 rings (SSSR count). The third-order valence-corrected chi connectivity index (χ3v) is 4.85. The molecule has 1 aliphatic heterocycles. The Balaban J connectivity index is 1.87. The lowest BCUT2D eigenvalue weighted by atomic mass is 10.1. The Bertz CT molecular complexity index is 1120. The molecule has 0 saturated carbocycles. The molecule has 2 heterocycles. The number of hydrogen-bond acceptors (Lipinski definition) is 10. The van der Waals surface area contributed by atoms with Gasteiger partial charge in [0.05, 0.1) is 18.2 Å². The molecule has 1 fully saturated rings. The highest BCUT2D eigenvalue weighted by Crippen LogP contribution is 2.44. The number of aromatic hydroxyl groups is 5. The van der Waals surface area contributed by atoms with Crippen LogP contribution in [0.1, 0.15) is 0 Å². The van der Waals surface area contributed by atoms with Crippen LogP contribution in [0.25, 0.3) is 22.3 Å². The molecular weight excluding hydrogens is 416 g/mol. The predicted molar refractivity (Wildman–Crippen MR) is 103 cm³/mol. The van der Waals surface area contributed by atoms with Crippen LogP contribution in [0.4, 0.5) is 0 Å². The van der Waals surface area contributed by atoms with Gasteiger partial charge < -0.3 is 50.3 Å². The fraction of sp³-hybridized carbons (Fsp3) is 0.250. The van der Waals surface area contributed by atoms with Crippen LogP contribution >= 0.6 is 0 Å². The fourth-order valence-corrected chi connectivity index (χ4v) is 3.22. The molecule has 11 nitrogen and oxygen atoms in total. The maximum Gasteiger partial charge on any atom is 0.402 e. The van der Waals surface area contributed by atoms with Crippen molar-refractivity contribution in [1.82, 2.24) is 0 Å². The average Bonchev–Trinajstić information content (AvgIpc) is 2.72. The summed E-state index contributed by atoms with van der Waals surface area (Å²) in [5.41, 5.74) is 0.0332. The van der Waals surface area contributed by atoms with Crippen molar-refractivity contribution in [2.75, 3.05) is 6.61 Å². The zero-order valence-corrected chi connectivity index (χ0v) is 15.7. The summed E-state index contributed by atoms with van der Waals surface area (Å²) in [6.45, 7) is -0.330.